The van der Waals surface area contributed by atoms with Crippen molar-refractivity contribution in [1.82, 2.24) is 9.88 Å². The third-order valence-corrected chi connectivity index (χ3v) is 5.71. The summed E-state index contributed by atoms with van der Waals surface area (Å²) in [6.07, 6.45) is 6.76. The SMILES string of the molecule is Cn1c(=O)cc(C(=O)NC2COC3(CCCCC3)C2)c2ccccc21. The van der Waals surface area contributed by atoms with Gasteiger partial charge in [0.15, 0.2) is 0 Å². The van der Waals surface area contributed by atoms with Gasteiger partial charge in [-0.1, -0.05) is 37.5 Å². The van der Waals surface area contributed by atoms with Crippen LogP contribution in [0, 0.1) is 0 Å². The molecule has 2 fully saturated rings. The number of para-hydroxylation sites is 1. The Balaban J connectivity index is 1.57. The van der Waals surface area contributed by atoms with Gasteiger partial charge in [-0.2, -0.15) is 0 Å². The van der Waals surface area contributed by atoms with E-state index >= 15 is 0 Å². The molecule has 1 saturated heterocycles. The number of carbonyl (C=O) groups is 1. The average Bonchev–Trinajstić information content (AvgIpc) is 3.00. The van der Waals surface area contributed by atoms with Gasteiger partial charge in [-0.05, 0) is 25.3 Å². The normalized spacial score (nSPS) is 22.4. The van der Waals surface area contributed by atoms with Crippen molar-refractivity contribution in [3.63, 3.8) is 0 Å². The summed E-state index contributed by atoms with van der Waals surface area (Å²) in [4.78, 5) is 25.0. The van der Waals surface area contributed by atoms with Gasteiger partial charge in [0.25, 0.3) is 11.5 Å². The Morgan fingerprint density at radius 3 is 2.80 bits per heavy atom. The first-order chi connectivity index (χ1) is 12.1. The molecule has 1 aliphatic heterocycles. The van der Waals surface area contributed by atoms with E-state index in [1.165, 1.54) is 25.3 Å². The van der Waals surface area contributed by atoms with Crippen LogP contribution >= 0.6 is 0 Å². The number of pyridine rings is 1. The molecule has 1 spiro atoms. The van der Waals surface area contributed by atoms with E-state index in [0.29, 0.717) is 12.2 Å². The van der Waals surface area contributed by atoms with Crippen LogP contribution in [0.15, 0.2) is 35.1 Å². The Bertz CT molecular complexity index is 865. The lowest BCUT2D eigenvalue weighted by atomic mass is 9.82. The lowest BCUT2D eigenvalue weighted by molar-refractivity contribution is -0.0246. The summed E-state index contributed by atoms with van der Waals surface area (Å²) < 4.78 is 7.65. The maximum atomic E-state index is 12.8. The van der Waals surface area contributed by atoms with Crippen LogP contribution in [-0.4, -0.2) is 28.7 Å². The van der Waals surface area contributed by atoms with E-state index < -0.39 is 0 Å². The molecule has 1 unspecified atom stereocenters. The van der Waals surface area contributed by atoms with E-state index in [1.54, 1.807) is 11.6 Å². The van der Waals surface area contributed by atoms with Gasteiger partial charge >= 0.3 is 0 Å². The van der Waals surface area contributed by atoms with Crippen LogP contribution < -0.4 is 10.9 Å². The van der Waals surface area contributed by atoms with Gasteiger partial charge in [-0.3, -0.25) is 9.59 Å². The highest BCUT2D eigenvalue weighted by Crippen LogP contribution is 2.39. The number of hydrogen-bond donors (Lipinski definition) is 1. The Hall–Kier alpha value is -2.14. The van der Waals surface area contributed by atoms with Crippen LogP contribution in [0.5, 0.6) is 0 Å². The molecule has 0 bridgehead atoms. The Labute approximate surface area is 147 Å². The third kappa shape index (κ3) is 2.97. The highest BCUT2D eigenvalue weighted by atomic mass is 16.5. The van der Waals surface area contributed by atoms with Crippen LogP contribution in [0.25, 0.3) is 10.9 Å². The van der Waals surface area contributed by atoms with E-state index in [4.69, 9.17) is 4.74 Å². The summed E-state index contributed by atoms with van der Waals surface area (Å²) in [7, 11) is 1.73. The molecule has 1 amide bonds. The molecule has 2 aromatic rings. The largest absolute Gasteiger partial charge is 0.373 e. The third-order valence-electron chi connectivity index (χ3n) is 5.71. The zero-order valence-corrected chi connectivity index (χ0v) is 14.6. The topological polar surface area (TPSA) is 60.3 Å². The summed E-state index contributed by atoms with van der Waals surface area (Å²) >= 11 is 0. The number of ether oxygens (including phenoxy) is 1. The summed E-state index contributed by atoms with van der Waals surface area (Å²) in [6.45, 7) is 0.564. The molecular formula is C20H24N2O3. The minimum atomic E-state index is -0.185. The molecule has 5 nitrogen and oxygen atoms in total. The highest BCUT2D eigenvalue weighted by Gasteiger charge is 2.41. The number of rotatable bonds is 2. The summed E-state index contributed by atoms with van der Waals surface area (Å²) in [5.41, 5.74) is 1.01. The number of benzene rings is 1. The first-order valence-corrected chi connectivity index (χ1v) is 9.12. The number of aryl methyl sites for hydroxylation is 1. The maximum absolute atomic E-state index is 12.8. The smallest absolute Gasteiger partial charge is 0.252 e. The first-order valence-electron chi connectivity index (χ1n) is 9.12. The number of nitrogens with one attached hydrogen (secondary N) is 1. The molecule has 25 heavy (non-hydrogen) atoms. The second-order valence-electron chi connectivity index (χ2n) is 7.40. The fourth-order valence-electron chi connectivity index (χ4n) is 4.34. The number of aromatic nitrogens is 1. The lowest BCUT2D eigenvalue weighted by Gasteiger charge is -2.32. The molecule has 1 aromatic carbocycles. The molecule has 4 rings (SSSR count). The number of hydrogen-bond acceptors (Lipinski definition) is 3. The van der Waals surface area contributed by atoms with Crippen LogP contribution in [0.3, 0.4) is 0 Å². The van der Waals surface area contributed by atoms with Gasteiger partial charge in [0.1, 0.15) is 0 Å². The predicted octanol–water partition coefficient (Wildman–Crippen LogP) is 2.76. The number of amides is 1. The minimum Gasteiger partial charge on any atom is -0.373 e. The monoisotopic (exact) mass is 340 g/mol. The van der Waals surface area contributed by atoms with Gasteiger partial charge < -0.3 is 14.6 Å². The van der Waals surface area contributed by atoms with Crippen LogP contribution in [0.1, 0.15) is 48.9 Å². The molecule has 2 heterocycles. The zero-order chi connectivity index (χ0) is 17.4. The lowest BCUT2D eigenvalue weighted by Crippen LogP contribution is -2.38. The molecule has 1 N–H and O–H groups in total. The molecule has 2 aliphatic rings. The maximum Gasteiger partial charge on any atom is 0.252 e. The molecule has 5 heteroatoms. The van der Waals surface area contributed by atoms with Crippen molar-refractivity contribution in [3.8, 4) is 0 Å². The van der Waals surface area contributed by atoms with Gasteiger partial charge in [0.05, 0.1) is 29.3 Å². The Morgan fingerprint density at radius 2 is 2.00 bits per heavy atom. The number of fused-ring (bicyclic) bond motifs is 1. The molecule has 0 radical (unpaired) electrons. The van der Waals surface area contributed by atoms with E-state index in [9.17, 15) is 9.59 Å². The van der Waals surface area contributed by atoms with Gasteiger partial charge in [-0.15, -0.1) is 0 Å². The van der Waals surface area contributed by atoms with E-state index in [1.807, 2.05) is 24.3 Å². The minimum absolute atomic E-state index is 0.0217. The van der Waals surface area contributed by atoms with Crippen molar-refractivity contribution in [3.05, 3.63) is 46.2 Å². The van der Waals surface area contributed by atoms with E-state index in [-0.39, 0.29) is 23.1 Å². The second-order valence-corrected chi connectivity index (χ2v) is 7.40. The number of carbonyl (C=O) groups excluding carboxylic acids is 1. The Kier molecular flexibility index (Phi) is 4.12. The van der Waals surface area contributed by atoms with Crippen LogP contribution in [0.2, 0.25) is 0 Å². The molecular weight excluding hydrogens is 316 g/mol. The zero-order valence-electron chi connectivity index (χ0n) is 14.6. The van der Waals surface area contributed by atoms with Crippen molar-refractivity contribution >= 4 is 16.8 Å². The van der Waals surface area contributed by atoms with Crippen LogP contribution in [0.4, 0.5) is 0 Å². The van der Waals surface area contributed by atoms with Gasteiger partial charge in [0.2, 0.25) is 0 Å². The van der Waals surface area contributed by atoms with Crippen LogP contribution in [-0.2, 0) is 11.8 Å². The molecule has 132 valence electrons. The average molecular weight is 340 g/mol. The van der Waals surface area contributed by atoms with Crippen molar-refractivity contribution in [2.45, 2.75) is 50.2 Å². The first kappa shape index (κ1) is 16.3. The molecule has 1 aromatic heterocycles. The van der Waals surface area contributed by atoms with Gasteiger partial charge in [-0.25, -0.2) is 0 Å². The van der Waals surface area contributed by atoms with E-state index in [2.05, 4.69) is 5.32 Å². The van der Waals surface area contributed by atoms with Crippen molar-refractivity contribution in [1.29, 1.82) is 0 Å². The molecule has 1 atom stereocenters. The van der Waals surface area contributed by atoms with Crippen molar-refractivity contribution in [2.75, 3.05) is 6.61 Å². The fourth-order valence-corrected chi connectivity index (χ4v) is 4.34. The quantitative estimate of drug-likeness (QED) is 0.914. The summed E-state index contributed by atoms with van der Waals surface area (Å²) in [5.74, 6) is -0.185. The fraction of sp³-hybridized carbons (Fsp3) is 0.500. The van der Waals surface area contributed by atoms with Crippen molar-refractivity contribution in [2.24, 2.45) is 7.05 Å². The summed E-state index contributed by atoms with van der Waals surface area (Å²) in [6, 6.07) is 8.97. The molecule has 1 aliphatic carbocycles. The standard InChI is InChI=1S/C20H24N2O3/c1-22-17-8-4-3-7-15(17)16(11-18(22)23)19(24)21-14-12-20(25-13-14)9-5-2-6-10-20/h3-4,7-8,11,14H,2,5-6,9-10,12-13H2,1H3,(H,21,24). The van der Waals surface area contributed by atoms with Crippen molar-refractivity contribution < 1.29 is 9.53 Å². The predicted molar refractivity (Wildman–Crippen MR) is 96.8 cm³/mol. The Morgan fingerprint density at radius 1 is 1.24 bits per heavy atom. The second kappa shape index (κ2) is 6.30. The highest BCUT2D eigenvalue weighted by molar-refractivity contribution is 6.06. The summed E-state index contributed by atoms with van der Waals surface area (Å²) in [5, 5.41) is 3.89. The number of nitrogens with zero attached hydrogens (tertiary/aromatic N) is 1. The molecule has 1 saturated carbocycles. The van der Waals surface area contributed by atoms with E-state index in [0.717, 1.165) is 30.2 Å². The van der Waals surface area contributed by atoms with Gasteiger partial charge in [0, 0.05) is 18.5 Å².